The number of halogens is 3. The Bertz CT molecular complexity index is 505. The molecule has 0 aromatic heterocycles. The predicted octanol–water partition coefficient (Wildman–Crippen LogP) is 2.98. The molecule has 1 aliphatic heterocycles. The van der Waals surface area contributed by atoms with Crippen LogP contribution < -0.4 is 0 Å². The number of hydrogen-bond acceptors (Lipinski definition) is 3. The smallest absolute Gasteiger partial charge is 0.396 e. The van der Waals surface area contributed by atoms with E-state index in [1.165, 1.54) is 6.07 Å². The second-order valence-electron chi connectivity index (χ2n) is 6.39. The maximum atomic E-state index is 13.1. The monoisotopic (exact) mass is 330 g/mol. The van der Waals surface area contributed by atoms with Crippen LogP contribution in [0, 0.1) is 0 Å². The molecule has 1 atom stereocenters. The van der Waals surface area contributed by atoms with Gasteiger partial charge in [-0.2, -0.15) is 13.2 Å². The Kier molecular flexibility index (Phi) is 6.06. The van der Waals surface area contributed by atoms with Gasteiger partial charge in [0.05, 0.1) is 5.56 Å². The van der Waals surface area contributed by atoms with Crippen molar-refractivity contribution in [2.75, 3.05) is 26.2 Å². The van der Waals surface area contributed by atoms with Crippen LogP contribution >= 0.6 is 0 Å². The lowest BCUT2D eigenvalue weighted by Crippen LogP contribution is -2.55. The first-order valence-corrected chi connectivity index (χ1v) is 8.07. The molecule has 0 amide bonds. The van der Waals surface area contributed by atoms with Crippen molar-refractivity contribution in [3.63, 3.8) is 0 Å². The molecule has 1 aliphatic rings. The number of piperazine rings is 1. The standard InChI is InChI=1S/C17H25F3N2O/c1-13(2)22-9-8-21(12-15(22)7-10-23)11-14-5-3-4-6-16(14)17(18,19)20/h3-6,13,15,23H,7-12H2,1-2H3/t15-/m0/s1. The summed E-state index contributed by atoms with van der Waals surface area (Å²) in [6.07, 6.45) is -3.67. The van der Waals surface area contributed by atoms with Crippen LogP contribution in [0.4, 0.5) is 13.2 Å². The van der Waals surface area contributed by atoms with E-state index in [1.54, 1.807) is 12.1 Å². The molecular formula is C17H25F3N2O. The molecule has 1 aromatic carbocycles. The van der Waals surface area contributed by atoms with Gasteiger partial charge in [0.1, 0.15) is 0 Å². The quantitative estimate of drug-likeness (QED) is 0.899. The molecule has 0 saturated carbocycles. The van der Waals surface area contributed by atoms with Gasteiger partial charge in [0.15, 0.2) is 0 Å². The number of alkyl halides is 3. The number of hydrogen-bond donors (Lipinski definition) is 1. The Morgan fingerprint density at radius 3 is 2.52 bits per heavy atom. The minimum Gasteiger partial charge on any atom is -0.396 e. The second kappa shape index (κ2) is 7.64. The summed E-state index contributed by atoms with van der Waals surface area (Å²) in [7, 11) is 0. The number of aliphatic hydroxyl groups excluding tert-OH is 1. The third-order valence-electron chi connectivity index (χ3n) is 4.45. The molecule has 0 spiro atoms. The molecule has 0 unspecified atom stereocenters. The average molecular weight is 330 g/mol. The van der Waals surface area contributed by atoms with Gasteiger partial charge in [-0.25, -0.2) is 0 Å². The van der Waals surface area contributed by atoms with Gasteiger partial charge in [-0.1, -0.05) is 18.2 Å². The Morgan fingerprint density at radius 2 is 1.91 bits per heavy atom. The van der Waals surface area contributed by atoms with Crippen molar-refractivity contribution >= 4 is 0 Å². The van der Waals surface area contributed by atoms with E-state index in [2.05, 4.69) is 23.6 Å². The fourth-order valence-electron chi connectivity index (χ4n) is 3.34. The molecule has 0 aliphatic carbocycles. The van der Waals surface area contributed by atoms with Crippen molar-refractivity contribution in [3.8, 4) is 0 Å². The van der Waals surface area contributed by atoms with E-state index in [-0.39, 0.29) is 12.6 Å². The SMILES string of the molecule is CC(C)N1CCN(Cc2ccccc2C(F)(F)F)C[C@@H]1CCO. The zero-order valence-corrected chi connectivity index (χ0v) is 13.7. The van der Waals surface area contributed by atoms with Crippen LogP contribution in [0.15, 0.2) is 24.3 Å². The van der Waals surface area contributed by atoms with Crippen molar-refractivity contribution in [3.05, 3.63) is 35.4 Å². The first kappa shape index (κ1) is 18.2. The van der Waals surface area contributed by atoms with E-state index >= 15 is 0 Å². The zero-order valence-electron chi connectivity index (χ0n) is 13.7. The summed E-state index contributed by atoms with van der Waals surface area (Å²) in [5.74, 6) is 0. The maximum absolute atomic E-state index is 13.1. The molecule has 23 heavy (non-hydrogen) atoms. The Hall–Kier alpha value is -1.11. The van der Waals surface area contributed by atoms with E-state index in [1.807, 2.05) is 0 Å². The van der Waals surface area contributed by atoms with Gasteiger partial charge in [-0.3, -0.25) is 9.80 Å². The van der Waals surface area contributed by atoms with Crippen LogP contribution in [-0.4, -0.2) is 53.2 Å². The van der Waals surface area contributed by atoms with Crippen LogP contribution in [0.5, 0.6) is 0 Å². The van der Waals surface area contributed by atoms with E-state index in [9.17, 15) is 18.3 Å². The van der Waals surface area contributed by atoms with Crippen molar-refractivity contribution < 1.29 is 18.3 Å². The van der Waals surface area contributed by atoms with Crippen LogP contribution in [0.2, 0.25) is 0 Å². The zero-order chi connectivity index (χ0) is 17.0. The van der Waals surface area contributed by atoms with E-state index in [0.29, 0.717) is 31.1 Å². The number of benzene rings is 1. The van der Waals surface area contributed by atoms with Crippen LogP contribution in [0.3, 0.4) is 0 Å². The molecule has 1 N–H and O–H groups in total. The maximum Gasteiger partial charge on any atom is 0.416 e. The van der Waals surface area contributed by atoms with E-state index in [4.69, 9.17) is 0 Å². The molecule has 6 heteroatoms. The summed E-state index contributed by atoms with van der Waals surface area (Å²) in [6.45, 7) is 6.86. The minimum atomic E-state index is -4.32. The van der Waals surface area contributed by atoms with Crippen molar-refractivity contribution in [2.24, 2.45) is 0 Å². The molecular weight excluding hydrogens is 305 g/mol. The summed E-state index contributed by atoms with van der Waals surface area (Å²) in [6, 6.07) is 6.34. The Labute approximate surface area is 135 Å². The van der Waals surface area contributed by atoms with Gasteiger partial charge in [0.2, 0.25) is 0 Å². The van der Waals surface area contributed by atoms with Crippen LogP contribution in [0.1, 0.15) is 31.4 Å². The predicted molar refractivity (Wildman–Crippen MR) is 84.1 cm³/mol. The lowest BCUT2D eigenvalue weighted by molar-refractivity contribution is -0.138. The van der Waals surface area contributed by atoms with Gasteiger partial charge in [0, 0.05) is 44.9 Å². The molecule has 0 bridgehead atoms. The Balaban J connectivity index is 2.10. The van der Waals surface area contributed by atoms with Crippen molar-refractivity contribution in [1.82, 2.24) is 9.80 Å². The summed E-state index contributed by atoms with van der Waals surface area (Å²) in [5.41, 5.74) is -0.231. The summed E-state index contributed by atoms with van der Waals surface area (Å²) in [4.78, 5) is 4.38. The molecule has 0 radical (unpaired) electrons. The summed E-state index contributed by atoms with van der Waals surface area (Å²) in [5, 5.41) is 9.25. The third-order valence-corrected chi connectivity index (χ3v) is 4.45. The number of rotatable bonds is 5. The minimum absolute atomic E-state index is 0.0981. The molecule has 1 heterocycles. The average Bonchev–Trinajstić information content (AvgIpc) is 2.47. The molecule has 3 nitrogen and oxygen atoms in total. The molecule has 130 valence electrons. The van der Waals surface area contributed by atoms with Gasteiger partial charge in [-0.05, 0) is 31.9 Å². The number of nitrogens with zero attached hydrogens (tertiary/aromatic N) is 2. The van der Waals surface area contributed by atoms with Gasteiger partial charge >= 0.3 is 6.18 Å². The van der Waals surface area contributed by atoms with Crippen LogP contribution in [-0.2, 0) is 12.7 Å². The van der Waals surface area contributed by atoms with E-state index in [0.717, 1.165) is 19.2 Å². The largest absolute Gasteiger partial charge is 0.416 e. The molecule has 1 fully saturated rings. The van der Waals surface area contributed by atoms with Gasteiger partial charge in [0.25, 0.3) is 0 Å². The molecule has 1 saturated heterocycles. The Morgan fingerprint density at radius 1 is 1.22 bits per heavy atom. The third kappa shape index (κ3) is 4.68. The summed E-state index contributed by atoms with van der Waals surface area (Å²) >= 11 is 0. The first-order chi connectivity index (χ1) is 10.8. The highest BCUT2D eigenvalue weighted by molar-refractivity contribution is 5.29. The van der Waals surface area contributed by atoms with Crippen LogP contribution in [0.25, 0.3) is 0 Å². The van der Waals surface area contributed by atoms with Crippen molar-refractivity contribution in [1.29, 1.82) is 0 Å². The summed E-state index contributed by atoms with van der Waals surface area (Å²) < 4.78 is 39.3. The highest BCUT2D eigenvalue weighted by atomic mass is 19.4. The molecule has 2 rings (SSSR count). The first-order valence-electron chi connectivity index (χ1n) is 8.07. The van der Waals surface area contributed by atoms with Crippen molar-refractivity contribution in [2.45, 2.75) is 45.1 Å². The lowest BCUT2D eigenvalue weighted by atomic mass is 10.0. The topological polar surface area (TPSA) is 26.7 Å². The normalized spacial score (nSPS) is 21.1. The fourth-order valence-corrected chi connectivity index (χ4v) is 3.34. The lowest BCUT2D eigenvalue weighted by Gasteiger charge is -2.43. The van der Waals surface area contributed by atoms with E-state index < -0.39 is 11.7 Å². The van der Waals surface area contributed by atoms with Gasteiger partial charge in [-0.15, -0.1) is 0 Å². The number of aliphatic hydroxyl groups is 1. The second-order valence-corrected chi connectivity index (χ2v) is 6.39. The highest BCUT2D eigenvalue weighted by Gasteiger charge is 2.34. The fraction of sp³-hybridized carbons (Fsp3) is 0.647. The highest BCUT2D eigenvalue weighted by Crippen LogP contribution is 2.32. The van der Waals surface area contributed by atoms with Gasteiger partial charge < -0.3 is 5.11 Å². The molecule has 1 aromatic rings.